The van der Waals surface area contributed by atoms with Gasteiger partial charge in [-0.3, -0.25) is 4.57 Å². The largest absolute Gasteiger partial charge is 0.477 e. The van der Waals surface area contributed by atoms with Crippen molar-refractivity contribution in [2.45, 2.75) is 39.6 Å². The number of hydrogen-bond acceptors (Lipinski definition) is 6. The number of ether oxygens (including phenoxy) is 2. The smallest absolute Gasteiger partial charge is 0.370 e. The molecular formula is C16H22ClO6P. The van der Waals surface area contributed by atoms with Crippen LogP contribution in [0, 0.1) is 5.41 Å². The Labute approximate surface area is 146 Å². The lowest BCUT2D eigenvalue weighted by molar-refractivity contribution is -0.153. The van der Waals surface area contributed by atoms with E-state index in [2.05, 4.69) is 0 Å². The van der Waals surface area contributed by atoms with Crippen LogP contribution in [0.4, 0.5) is 0 Å². The molecule has 8 heteroatoms. The number of carbonyl (C=O) groups is 1. The summed E-state index contributed by atoms with van der Waals surface area (Å²) in [6.07, 6.45) is -0.916. The summed E-state index contributed by atoms with van der Waals surface area (Å²) in [5, 5.41) is 0.388. The minimum Gasteiger partial charge on any atom is -0.477 e. The number of benzene rings is 1. The third-order valence-corrected chi connectivity index (χ3v) is 5.76. The molecule has 0 aromatic heterocycles. The molecule has 1 heterocycles. The van der Waals surface area contributed by atoms with E-state index in [4.69, 9.17) is 30.1 Å². The highest BCUT2D eigenvalue weighted by atomic mass is 35.5. The van der Waals surface area contributed by atoms with E-state index in [9.17, 15) is 9.36 Å². The Morgan fingerprint density at radius 3 is 2.42 bits per heavy atom. The highest BCUT2D eigenvalue weighted by molar-refractivity contribution is 7.54. The van der Waals surface area contributed by atoms with Crippen molar-refractivity contribution in [1.29, 1.82) is 0 Å². The molecule has 0 aliphatic carbocycles. The number of esters is 1. The number of hydrogen-bond donors (Lipinski definition) is 0. The molecule has 2 atom stereocenters. The predicted octanol–water partition coefficient (Wildman–Crippen LogP) is 4.26. The van der Waals surface area contributed by atoms with Gasteiger partial charge < -0.3 is 18.5 Å². The fourth-order valence-corrected chi connectivity index (χ4v) is 3.89. The average Bonchev–Trinajstić information content (AvgIpc) is 2.52. The zero-order valence-electron chi connectivity index (χ0n) is 14.2. The first-order chi connectivity index (χ1) is 11.1. The van der Waals surface area contributed by atoms with Crippen molar-refractivity contribution in [3.05, 3.63) is 29.3 Å². The lowest BCUT2D eigenvalue weighted by atomic mass is 9.97. The minimum atomic E-state index is -3.49. The van der Waals surface area contributed by atoms with Gasteiger partial charge in [0.1, 0.15) is 5.75 Å². The molecule has 1 aromatic carbocycles. The maximum absolute atomic E-state index is 12.6. The standard InChI is InChI=1S/C16H22ClO6P/c1-11(22-14-8-6-5-7-13(14)17)15(18)23-12(2)24(19)20-9-16(3,4)10-21-24/h5-8,11-12H,9-10H2,1-4H3. The molecule has 0 spiro atoms. The van der Waals surface area contributed by atoms with Crippen LogP contribution in [-0.2, 0) is 23.1 Å². The first kappa shape index (κ1) is 19.3. The Kier molecular flexibility index (Phi) is 5.97. The van der Waals surface area contributed by atoms with Crippen LogP contribution in [0.5, 0.6) is 5.75 Å². The van der Waals surface area contributed by atoms with E-state index in [1.54, 1.807) is 24.3 Å². The number of carbonyl (C=O) groups excluding carboxylic acids is 1. The van der Waals surface area contributed by atoms with Crippen molar-refractivity contribution in [2.24, 2.45) is 5.41 Å². The van der Waals surface area contributed by atoms with Crippen molar-refractivity contribution < 1.29 is 27.9 Å². The maximum atomic E-state index is 12.6. The summed E-state index contributed by atoms with van der Waals surface area (Å²) in [6, 6.07) is 6.80. The fourth-order valence-electron chi connectivity index (χ4n) is 1.93. The number of rotatable bonds is 5. The van der Waals surface area contributed by atoms with Crippen LogP contribution in [0.25, 0.3) is 0 Å². The Bertz CT molecular complexity index is 633. The zero-order valence-corrected chi connectivity index (χ0v) is 15.8. The second kappa shape index (κ2) is 7.44. The van der Waals surface area contributed by atoms with Gasteiger partial charge in [-0.05, 0) is 26.0 Å². The molecule has 0 amide bonds. The summed E-state index contributed by atoms with van der Waals surface area (Å²) < 4.78 is 34.0. The molecule has 0 saturated carbocycles. The van der Waals surface area contributed by atoms with Crippen LogP contribution in [0.3, 0.4) is 0 Å². The molecule has 0 radical (unpaired) electrons. The quantitative estimate of drug-likeness (QED) is 0.564. The topological polar surface area (TPSA) is 71.1 Å². The van der Waals surface area contributed by atoms with Gasteiger partial charge in [-0.1, -0.05) is 37.6 Å². The first-order valence-corrected chi connectivity index (χ1v) is 9.62. The summed E-state index contributed by atoms with van der Waals surface area (Å²) in [5.41, 5.74) is -0.224. The maximum Gasteiger partial charge on any atom is 0.370 e. The van der Waals surface area contributed by atoms with Crippen LogP contribution < -0.4 is 4.74 Å². The van der Waals surface area contributed by atoms with Gasteiger partial charge in [0.25, 0.3) is 0 Å². The van der Waals surface area contributed by atoms with E-state index < -0.39 is 25.5 Å². The van der Waals surface area contributed by atoms with Crippen LogP contribution >= 0.6 is 19.2 Å². The van der Waals surface area contributed by atoms with Crippen molar-refractivity contribution in [3.8, 4) is 5.75 Å². The second-order valence-electron chi connectivity index (χ2n) is 6.48. The summed E-state index contributed by atoms with van der Waals surface area (Å²) in [6.45, 7) is 7.44. The van der Waals surface area contributed by atoms with Gasteiger partial charge >= 0.3 is 13.6 Å². The molecule has 24 heavy (non-hydrogen) atoms. The van der Waals surface area contributed by atoms with E-state index in [1.807, 2.05) is 13.8 Å². The van der Waals surface area contributed by atoms with Crippen molar-refractivity contribution in [3.63, 3.8) is 0 Å². The molecule has 1 aromatic rings. The van der Waals surface area contributed by atoms with E-state index >= 15 is 0 Å². The van der Waals surface area contributed by atoms with Crippen LogP contribution in [0.1, 0.15) is 27.7 Å². The van der Waals surface area contributed by atoms with E-state index in [0.717, 1.165) is 0 Å². The minimum absolute atomic E-state index is 0.224. The Morgan fingerprint density at radius 2 is 1.83 bits per heavy atom. The lowest BCUT2D eigenvalue weighted by Gasteiger charge is -2.36. The summed E-state index contributed by atoms with van der Waals surface area (Å²) >= 11 is 5.99. The Hall–Kier alpha value is -1.07. The van der Waals surface area contributed by atoms with Crippen molar-refractivity contribution >= 4 is 25.2 Å². The van der Waals surface area contributed by atoms with Gasteiger partial charge in [-0.25, -0.2) is 4.79 Å². The summed E-state index contributed by atoms with van der Waals surface area (Å²) in [5.74, 6) is -1.32. The molecule has 2 unspecified atom stereocenters. The fraction of sp³-hybridized carbons (Fsp3) is 0.562. The zero-order chi connectivity index (χ0) is 18.0. The summed E-state index contributed by atoms with van der Waals surface area (Å²) in [4.78, 5) is 12.2. The average molecular weight is 377 g/mol. The van der Waals surface area contributed by atoms with Crippen LogP contribution in [-0.4, -0.2) is 31.1 Å². The first-order valence-electron chi connectivity index (χ1n) is 7.63. The van der Waals surface area contributed by atoms with Gasteiger partial charge in [-0.15, -0.1) is 0 Å². The molecule has 0 bridgehead atoms. The molecule has 1 aliphatic rings. The van der Waals surface area contributed by atoms with E-state index in [-0.39, 0.29) is 18.6 Å². The van der Waals surface area contributed by atoms with Gasteiger partial charge in [0.2, 0.25) is 0 Å². The molecule has 134 valence electrons. The van der Waals surface area contributed by atoms with Gasteiger partial charge in [-0.2, -0.15) is 0 Å². The molecule has 1 fully saturated rings. The highest BCUT2D eigenvalue weighted by Crippen LogP contribution is 2.57. The molecule has 1 saturated heterocycles. The van der Waals surface area contributed by atoms with Gasteiger partial charge in [0.15, 0.2) is 11.9 Å². The van der Waals surface area contributed by atoms with Gasteiger partial charge in [0, 0.05) is 5.41 Å². The predicted molar refractivity (Wildman–Crippen MR) is 90.4 cm³/mol. The van der Waals surface area contributed by atoms with E-state index in [0.29, 0.717) is 10.8 Å². The number of para-hydroxylation sites is 1. The summed E-state index contributed by atoms with van der Waals surface area (Å²) in [7, 11) is -3.49. The SMILES string of the molecule is CC(Oc1ccccc1Cl)C(=O)OC(C)P1(=O)OCC(C)(C)CO1. The third kappa shape index (κ3) is 4.73. The molecule has 1 aliphatic heterocycles. The van der Waals surface area contributed by atoms with Crippen molar-refractivity contribution in [1.82, 2.24) is 0 Å². The molecule has 0 N–H and O–H groups in total. The normalized spacial score (nSPS) is 21.5. The highest BCUT2D eigenvalue weighted by Gasteiger charge is 2.43. The third-order valence-electron chi connectivity index (χ3n) is 3.47. The molecule has 2 rings (SSSR count). The van der Waals surface area contributed by atoms with E-state index in [1.165, 1.54) is 13.8 Å². The van der Waals surface area contributed by atoms with Gasteiger partial charge in [0.05, 0.1) is 18.2 Å². The lowest BCUT2D eigenvalue weighted by Crippen LogP contribution is -2.34. The molecule has 6 nitrogen and oxygen atoms in total. The Balaban J connectivity index is 1.94. The Morgan fingerprint density at radius 1 is 1.25 bits per heavy atom. The number of halogens is 1. The van der Waals surface area contributed by atoms with Crippen LogP contribution in [0.15, 0.2) is 24.3 Å². The second-order valence-corrected chi connectivity index (χ2v) is 9.21. The van der Waals surface area contributed by atoms with Crippen LogP contribution in [0.2, 0.25) is 5.02 Å². The van der Waals surface area contributed by atoms with Crippen molar-refractivity contribution in [2.75, 3.05) is 13.2 Å². The molecular weight excluding hydrogens is 355 g/mol. The monoisotopic (exact) mass is 376 g/mol.